The summed E-state index contributed by atoms with van der Waals surface area (Å²) in [5.74, 6) is 0. The summed E-state index contributed by atoms with van der Waals surface area (Å²) in [6.07, 6.45) is 2.20. The third kappa shape index (κ3) is 29.3. The SMILES string of the molecule is C[Si](C)(C)[N-]CCN(CC[N-][Si](C)(C)C)CC[N-][Si](C)(C)C.[CH2-]CC[CH]=[Mo+4]. The van der Waals surface area contributed by atoms with E-state index in [9.17, 15) is 0 Å². The standard InChI is InChI=1S/C15H39N4Si3.C4H7.Mo/c1-20(2,3)16-10-13-19(14-11-17-21(4,5)6)15-12-18-22(7,8)9;1-3-4-2;/h10-15H2,1-9H3;1H,2-4H2;/q-3;-1;+4. The summed E-state index contributed by atoms with van der Waals surface area (Å²) in [4.78, 5) is 17.1. The van der Waals surface area contributed by atoms with E-state index in [2.05, 4.69) is 75.1 Å². The van der Waals surface area contributed by atoms with Crippen molar-refractivity contribution in [2.75, 3.05) is 39.3 Å². The zero-order chi connectivity index (χ0) is 21.6. The van der Waals surface area contributed by atoms with Crippen LogP contribution in [0.15, 0.2) is 0 Å². The molecule has 0 aromatic carbocycles. The molecule has 0 spiro atoms. The molecule has 8 heteroatoms. The summed E-state index contributed by atoms with van der Waals surface area (Å²) in [6.45, 7) is 30.5. The van der Waals surface area contributed by atoms with Gasteiger partial charge in [0.25, 0.3) is 0 Å². The zero-order valence-corrected chi connectivity index (χ0v) is 24.6. The van der Waals surface area contributed by atoms with Crippen molar-refractivity contribution in [3.05, 3.63) is 21.9 Å². The maximum absolute atomic E-state index is 4.86. The Kier molecular flexibility index (Phi) is 17.7. The Balaban J connectivity index is 0. The molecular weight excluding hydrogens is 464 g/mol. The Labute approximate surface area is 185 Å². The third-order valence-corrected chi connectivity index (χ3v) is 7.43. The van der Waals surface area contributed by atoms with E-state index in [1.54, 1.807) is 0 Å². The van der Waals surface area contributed by atoms with Gasteiger partial charge in [-0.2, -0.15) is 0 Å². The van der Waals surface area contributed by atoms with E-state index in [0.717, 1.165) is 52.1 Å². The average molecular weight is 511 g/mol. The van der Waals surface area contributed by atoms with Gasteiger partial charge in [0.2, 0.25) is 0 Å². The minimum absolute atomic E-state index is 0.968. The van der Waals surface area contributed by atoms with Crippen LogP contribution < -0.4 is 0 Å². The van der Waals surface area contributed by atoms with Crippen LogP contribution in [0.1, 0.15) is 12.8 Å². The molecule has 27 heavy (non-hydrogen) atoms. The van der Waals surface area contributed by atoms with Gasteiger partial charge in [-0.25, -0.2) is 0 Å². The molecule has 160 valence electrons. The summed E-state index contributed by atoms with van der Waals surface area (Å²) in [5.41, 5.74) is 0. The van der Waals surface area contributed by atoms with E-state index in [0.29, 0.717) is 0 Å². The first-order chi connectivity index (χ1) is 12.2. The van der Waals surface area contributed by atoms with E-state index in [1.807, 2.05) is 19.4 Å². The van der Waals surface area contributed by atoms with Gasteiger partial charge in [0.05, 0.1) is 0 Å². The van der Waals surface area contributed by atoms with Crippen LogP contribution >= 0.6 is 0 Å². The molecular formula is C19H46MoN4Si3. The Morgan fingerprint density at radius 1 is 0.704 bits per heavy atom. The quantitative estimate of drug-likeness (QED) is 0.213. The van der Waals surface area contributed by atoms with Gasteiger partial charge in [-0.05, 0) is 19.6 Å². The Morgan fingerprint density at radius 3 is 1.15 bits per heavy atom. The van der Waals surface area contributed by atoms with Crippen molar-refractivity contribution in [1.82, 2.24) is 4.90 Å². The van der Waals surface area contributed by atoms with Crippen LogP contribution in [0, 0.1) is 6.92 Å². The summed E-state index contributed by atoms with van der Waals surface area (Å²) in [6, 6.07) is 0. The fourth-order valence-corrected chi connectivity index (χ4v) is 4.72. The van der Waals surface area contributed by atoms with E-state index in [1.165, 1.54) is 0 Å². The summed E-state index contributed by atoms with van der Waals surface area (Å²) < 4.78 is 2.13. The zero-order valence-electron chi connectivity index (χ0n) is 19.6. The topological polar surface area (TPSA) is 45.5 Å². The Hall–Kier alpha value is 1.05. The van der Waals surface area contributed by atoms with Crippen LogP contribution in [0.5, 0.6) is 0 Å². The molecule has 0 rings (SSSR count). The van der Waals surface area contributed by atoms with Gasteiger partial charge in [-0.3, -0.25) is 0 Å². The normalized spacial score (nSPS) is 12.8. The molecule has 0 saturated carbocycles. The van der Waals surface area contributed by atoms with Crippen LogP contribution in [0.25, 0.3) is 14.9 Å². The molecule has 0 unspecified atom stereocenters. The van der Waals surface area contributed by atoms with Gasteiger partial charge in [0.1, 0.15) is 0 Å². The Morgan fingerprint density at radius 2 is 1.00 bits per heavy atom. The molecule has 0 aliphatic carbocycles. The van der Waals surface area contributed by atoms with Crippen molar-refractivity contribution < 1.29 is 19.4 Å². The average Bonchev–Trinajstić information content (AvgIpc) is 2.44. The molecule has 0 amide bonds. The van der Waals surface area contributed by atoms with Crippen LogP contribution in [-0.2, 0) is 19.4 Å². The first-order valence-corrected chi connectivity index (χ1v) is 21.7. The predicted octanol–water partition coefficient (Wildman–Crippen LogP) is 5.86. The van der Waals surface area contributed by atoms with Crippen molar-refractivity contribution >= 4 is 29.1 Å². The monoisotopic (exact) mass is 512 g/mol. The van der Waals surface area contributed by atoms with Crippen molar-refractivity contribution in [2.24, 2.45) is 0 Å². The van der Waals surface area contributed by atoms with Crippen LogP contribution in [0.4, 0.5) is 0 Å². The van der Waals surface area contributed by atoms with Gasteiger partial charge < -0.3 is 19.8 Å². The minimum atomic E-state index is -1.28. The van der Waals surface area contributed by atoms with E-state index in [-0.39, 0.29) is 0 Å². The summed E-state index contributed by atoms with van der Waals surface area (Å²) in [5, 5.41) is 0. The number of hydrogen-bond acceptors (Lipinski definition) is 1. The fourth-order valence-electron chi connectivity index (χ4n) is 2.00. The molecule has 0 saturated heterocycles. The van der Waals surface area contributed by atoms with Gasteiger partial charge in [0.15, 0.2) is 0 Å². The molecule has 0 aliphatic heterocycles. The molecule has 0 N–H and O–H groups in total. The molecule has 0 atom stereocenters. The second-order valence-corrected chi connectivity index (χ2v) is 24.6. The number of rotatable bonds is 14. The number of nitrogens with zero attached hydrogens (tertiary/aromatic N) is 4. The van der Waals surface area contributed by atoms with Crippen molar-refractivity contribution in [2.45, 2.75) is 71.8 Å². The van der Waals surface area contributed by atoms with E-state index < -0.39 is 24.7 Å². The third-order valence-electron chi connectivity index (χ3n) is 3.33. The Bertz CT molecular complexity index is 316. The number of hydrogen-bond donors (Lipinski definition) is 0. The van der Waals surface area contributed by atoms with Crippen LogP contribution in [-0.4, -0.2) is 73.3 Å². The molecule has 0 radical (unpaired) electrons. The first kappa shape index (κ1) is 30.2. The van der Waals surface area contributed by atoms with Crippen molar-refractivity contribution in [3.8, 4) is 0 Å². The second-order valence-electron chi connectivity index (χ2n) is 9.81. The van der Waals surface area contributed by atoms with Gasteiger partial charge >= 0.3 is 43.5 Å². The molecule has 0 aromatic heterocycles. The molecule has 4 nitrogen and oxygen atoms in total. The second kappa shape index (κ2) is 15.8. The van der Waals surface area contributed by atoms with Gasteiger partial charge in [-0.15, -0.1) is 19.6 Å². The number of unbranched alkanes of at least 4 members (excludes halogenated alkanes) is 1. The first-order valence-electron chi connectivity index (χ1n) is 10.2. The van der Waals surface area contributed by atoms with Crippen LogP contribution in [0.2, 0.25) is 58.9 Å². The van der Waals surface area contributed by atoms with Gasteiger partial charge in [0, 0.05) is 0 Å². The predicted molar refractivity (Wildman–Crippen MR) is 132 cm³/mol. The molecule has 0 bridgehead atoms. The molecule has 0 aliphatic rings. The molecule has 0 heterocycles. The molecule has 0 aromatic rings. The van der Waals surface area contributed by atoms with Gasteiger partial charge in [-0.1, -0.05) is 83.6 Å². The maximum atomic E-state index is 4.86. The van der Waals surface area contributed by atoms with Crippen molar-refractivity contribution in [1.29, 1.82) is 0 Å². The summed E-state index contributed by atoms with van der Waals surface area (Å²) >= 11 is 1.99. The van der Waals surface area contributed by atoms with Crippen LogP contribution in [0.3, 0.4) is 0 Å². The van der Waals surface area contributed by atoms with E-state index >= 15 is 0 Å². The summed E-state index contributed by atoms with van der Waals surface area (Å²) in [7, 11) is -3.84. The fraction of sp³-hybridized carbons (Fsp3) is 0.895. The van der Waals surface area contributed by atoms with Crippen molar-refractivity contribution in [3.63, 3.8) is 0 Å². The van der Waals surface area contributed by atoms with E-state index in [4.69, 9.17) is 14.9 Å². The molecule has 0 fully saturated rings.